The van der Waals surface area contributed by atoms with Gasteiger partial charge in [0.15, 0.2) is 5.96 Å². The summed E-state index contributed by atoms with van der Waals surface area (Å²) in [4.78, 5) is 5.84. The number of methoxy groups -OCH3 is 1. The minimum absolute atomic E-state index is 0. The van der Waals surface area contributed by atoms with Crippen molar-refractivity contribution >= 4 is 41.3 Å². The number of guanidine groups is 1. The van der Waals surface area contributed by atoms with Gasteiger partial charge in [-0.1, -0.05) is 12.1 Å². The van der Waals surface area contributed by atoms with Gasteiger partial charge in [-0.25, -0.2) is 4.99 Å². The molecule has 2 rings (SSSR count). The maximum atomic E-state index is 5.73. The van der Waals surface area contributed by atoms with E-state index in [-0.39, 0.29) is 24.0 Å². The SMILES string of the molecule is CCNC(=NCc1cccs1)NCCCOc1cccc(OC)c1.I. The zero-order valence-corrected chi connectivity index (χ0v) is 17.8. The van der Waals surface area contributed by atoms with Crippen LogP contribution in [-0.2, 0) is 6.54 Å². The fourth-order valence-corrected chi connectivity index (χ4v) is 2.69. The predicted molar refractivity (Wildman–Crippen MR) is 116 cm³/mol. The average Bonchev–Trinajstić information content (AvgIpc) is 3.13. The number of ether oxygens (including phenoxy) is 2. The smallest absolute Gasteiger partial charge is 0.191 e. The number of nitrogens with zero attached hydrogens (tertiary/aromatic N) is 1. The molecule has 0 bridgehead atoms. The van der Waals surface area contributed by atoms with Gasteiger partial charge in [-0.3, -0.25) is 0 Å². The van der Waals surface area contributed by atoms with E-state index in [2.05, 4.69) is 34.0 Å². The Hall–Kier alpha value is -1.48. The van der Waals surface area contributed by atoms with E-state index in [0.29, 0.717) is 13.2 Å². The first-order valence-electron chi connectivity index (χ1n) is 8.13. The molecule has 138 valence electrons. The molecule has 1 aromatic carbocycles. The normalized spacial score (nSPS) is 10.7. The van der Waals surface area contributed by atoms with E-state index in [9.17, 15) is 0 Å². The number of halogens is 1. The third kappa shape index (κ3) is 8.44. The quantitative estimate of drug-likeness (QED) is 0.250. The lowest BCUT2D eigenvalue weighted by molar-refractivity contribution is 0.308. The molecular weight excluding hydrogens is 449 g/mol. The lowest BCUT2D eigenvalue weighted by Crippen LogP contribution is -2.38. The molecule has 1 aromatic heterocycles. The zero-order valence-electron chi connectivity index (χ0n) is 14.7. The van der Waals surface area contributed by atoms with Gasteiger partial charge in [-0.2, -0.15) is 0 Å². The lowest BCUT2D eigenvalue weighted by Gasteiger charge is -2.12. The van der Waals surface area contributed by atoms with Gasteiger partial charge in [0.2, 0.25) is 0 Å². The standard InChI is InChI=1S/C18H25N3O2S.HI/c1-3-19-18(21-14-17-9-5-12-24-17)20-10-6-11-23-16-8-4-7-15(13-16)22-2;/h4-5,7-9,12-13H,3,6,10-11,14H2,1-2H3,(H2,19,20,21);1H. The molecule has 0 amide bonds. The number of rotatable bonds is 9. The van der Waals surface area contributed by atoms with Crippen molar-refractivity contribution in [1.29, 1.82) is 0 Å². The fourth-order valence-electron chi connectivity index (χ4n) is 2.06. The first-order chi connectivity index (χ1) is 11.8. The van der Waals surface area contributed by atoms with Crippen molar-refractivity contribution in [2.45, 2.75) is 19.9 Å². The van der Waals surface area contributed by atoms with Crippen molar-refractivity contribution in [3.8, 4) is 11.5 Å². The van der Waals surface area contributed by atoms with Crippen molar-refractivity contribution in [1.82, 2.24) is 10.6 Å². The number of benzene rings is 1. The molecule has 1 heterocycles. The molecule has 0 unspecified atom stereocenters. The van der Waals surface area contributed by atoms with Crippen LogP contribution < -0.4 is 20.1 Å². The van der Waals surface area contributed by atoms with Crippen LogP contribution in [0.1, 0.15) is 18.2 Å². The van der Waals surface area contributed by atoms with Crippen LogP contribution in [-0.4, -0.2) is 32.8 Å². The minimum Gasteiger partial charge on any atom is -0.497 e. The van der Waals surface area contributed by atoms with E-state index < -0.39 is 0 Å². The Morgan fingerprint density at radius 1 is 1.16 bits per heavy atom. The monoisotopic (exact) mass is 475 g/mol. The first kappa shape index (κ1) is 21.6. The van der Waals surface area contributed by atoms with Crippen LogP contribution in [0.2, 0.25) is 0 Å². The summed E-state index contributed by atoms with van der Waals surface area (Å²) in [5, 5.41) is 8.66. The molecule has 0 atom stereocenters. The zero-order chi connectivity index (χ0) is 17.0. The molecule has 0 aliphatic carbocycles. The molecule has 0 aliphatic rings. The molecule has 0 spiro atoms. The van der Waals surface area contributed by atoms with Gasteiger partial charge in [0, 0.05) is 24.0 Å². The van der Waals surface area contributed by atoms with Crippen molar-refractivity contribution in [3.63, 3.8) is 0 Å². The van der Waals surface area contributed by atoms with E-state index in [1.807, 2.05) is 30.3 Å². The molecule has 0 saturated heterocycles. The Balaban J connectivity index is 0.00000312. The minimum atomic E-state index is 0. The number of aliphatic imine (C=N–C) groups is 1. The summed E-state index contributed by atoms with van der Waals surface area (Å²) in [5.41, 5.74) is 0. The summed E-state index contributed by atoms with van der Waals surface area (Å²) >= 11 is 1.72. The number of hydrogen-bond acceptors (Lipinski definition) is 4. The molecule has 0 fully saturated rings. The summed E-state index contributed by atoms with van der Waals surface area (Å²) in [5.74, 6) is 2.47. The van der Waals surface area contributed by atoms with Crippen LogP contribution in [0.25, 0.3) is 0 Å². The Morgan fingerprint density at radius 3 is 2.72 bits per heavy atom. The van der Waals surface area contributed by atoms with E-state index in [1.54, 1.807) is 18.4 Å². The van der Waals surface area contributed by atoms with Crippen LogP contribution in [0, 0.1) is 0 Å². The number of nitrogens with one attached hydrogen (secondary N) is 2. The second kappa shape index (κ2) is 12.8. The third-order valence-electron chi connectivity index (χ3n) is 3.24. The third-order valence-corrected chi connectivity index (χ3v) is 4.10. The van der Waals surface area contributed by atoms with E-state index in [1.165, 1.54) is 4.88 Å². The topological polar surface area (TPSA) is 54.9 Å². The van der Waals surface area contributed by atoms with Gasteiger partial charge in [-0.15, -0.1) is 35.3 Å². The highest BCUT2D eigenvalue weighted by Gasteiger charge is 1.99. The molecular formula is C18H26IN3O2S. The molecule has 2 N–H and O–H groups in total. The first-order valence-corrected chi connectivity index (χ1v) is 9.01. The van der Waals surface area contributed by atoms with E-state index >= 15 is 0 Å². The molecule has 0 radical (unpaired) electrons. The van der Waals surface area contributed by atoms with Crippen LogP contribution in [0.4, 0.5) is 0 Å². The average molecular weight is 475 g/mol. The predicted octanol–water partition coefficient (Wildman–Crippen LogP) is 3.90. The van der Waals surface area contributed by atoms with Gasteiger partial charge < -0.3 is 20.1 Å². The number of hydrogen-bond donors (Lipinski definition) is 2. The Labute approximate surface area is 170 Å². The Bertz CT molecular complexity index is 621. The van der Waals surface area contributed by atoms with Crippen molar-refractivity contribution < 1.29 is 9.47 Å². The van der Waals surface area contributed by atoms with Gasteiger partial charge in [0.05, 0.1) is 20.3 Å². The van der Waals surface area contributed by atoms with Crippen LogP contribution in [0.3, 0.4) is 0 Å². The van der Waals surface area contributed by atoms with Crippen LogP contribution in [0.15, 0.2) is 46.8 Å². The van der Waals surface area contributed by atoms with E-state index in [4.69, 9.17) is 9.47 Å². The largest absolute Gasteiger partial charge is 0.497 e. The second-order valence-corrected chi connectivity index (χ2v) is 6.11. The highest BCUT2D eigenvalue weighted by atomic mass is 127. The van der Waals surface area contributed by atoms with Gasteiger partial charge in [-0.05, 0) is 36.9 Å². The van der Waals surface area contributed by atoms with Crippen molar-refractivity contribution in [3.05, 3.63) is 46.7 Å². The number of thiophene rings is 1. The maximum absolute atomic E-state index is 5.73. The Kier molecular flexibility index (Phi) is 11.1. The molecule has 0 aliphatic heterocycles. The molecule has 0 saturated carbocycles. The highest BCUT2D eigenvalue weighted by molar-refractivity contribution is 14.0. The van der Waals surface area contributed by atoms with Crippen LogP contribution >= 0.6 is 35.3 Å². The summed E-state index contributed by atoms with van der Waals surface area (Å²) < 4.78 is 10.9. The molecule has 25 heavy (non-hydrogen) atoms. The highest BCUT2D eigenvalue weighted by Crippen LogP contribution is 2.18. The van der Waals surface area contributed by atoms with Crippen LogP contribution in [0.5, 0.6) is 11.5 Å². The summed E-state index contributed by atoms with van der Waals surface area (Å²) in [6.45, 7) is 5.06. The summed E-state index contributed by atoms with van der Waals surface area (Å²) in [6.07, 6.45) is 0.890. The molecule has 2 aromatic rings. The summed E-state index contributed by atoms with van der Waals surface area (Å²) in [7, 11) is 1.65. The van der Waals surface area contributed by atoms with E-state index in [0.717, 1.165) is 37.0 Å². The summed E-state index contributed by atoms with van der Waals surface area (Å²) in [6, 6.07) is 11.8. The van der Waals surface area contributed by atoms with Gasteiger partial charge >= 0.3 is 0 Å². The fraction of sp³-hybridized carbons (Fsp3) is 0.389. The van der Waals surface area contributed by atoms with Crippen molar-refractivity contribution in [2.24, 2.45) is 4.99 Å². The Morgan fingerprint density at radius 2 is 2.00 bits per heavy atom. The lowest BCUT2D eigenvalue weighted by atomic mass is 10.3. The molecule has 7 heteroatoms. The molecule has 5 nitrogen and oxygen atoms in total. The van der Waals surface area contributed by atoms with Crippen molar-refractivity contribution in [2.75, 3.05) is 26.8 Å². The maximum Gasteiger partial charge on any atom is 0.191 e. The van der Waals surface area contributed by atoms with Gasteiger partial charge in [0.1, 0.15) is 11.5 Å². The second-order valence-electron chi connectivity index (χ2n) is 5.08. The van der Waals surface area contributed by atoms with Gasteiger partial charge in [0.25, 0.3) is 0 Å².